The Labute approximate surface area is 287 Å². The molecule has 1 N–H and O–H groups in total. The number of carbonyl (C=O) groups excluding carboxylic acids is 3. The lowest BCUT2D eigenvalue weighted by atomic mass is 9.42. The number of hydrogen-bond acceptors (Lipinski definition) is 9. The molecule has 0 aromatic rings. The van der Waals surface area contributed by atoms with Crippen LogP contribution in [0.5, 0.6) is 0 Å². The van der Waals surface area contributed by atoms with Gasteiger partial charge in [-0.2, -0.15) is 19.6 Å². The highest BCUT2D eigenvalue weighted by Crippen LogP contribution is 2.70. The SMILES string of the molecule is CCCNC(=O)CCC(C)C1CCC2C3C(C[C@H](OC(C)=O)[C@]12C)[C@@]1(C)CCC2(C[C@H]1C[C@H]3OC(C)=O)OOC1(CCC(C)CC1)OO2. The third-order valence-electron chi connectivity index (χ3n) is 14.2. The molecule has 5 aliphatic carbocycles. The van der Waals surface area contributed by atoms with Gasteiger partial charge in [-0.15, -0.1) is 0 Å². The van der Waals surface area contributed by atoms with Crippen LogP contribution in [0.1, 0.15) is 138 Å². The number of ether oxygens (including phenoxy) is 2. The molecule has 48 heavy (non-hydrogen) atoms. The monoisotopic (exact) mass is 675 g/mol. The average molecular weight is 676 g/mol. The van der Waals surface area contributed by atoms with Gasteiger partial charge in [-0.1, -0.05) is 34.6 Å². The lowest BCUT2D eigenvalue weighted by Gasteiger charge is -2.65. The first-order valence-electron chi connectivity index (χ1n) is 19.1. The van der Waals surface area contributed by atoms with E-state index in [-0.39, 0.29) is 70.5 Å². The fraction of sp³-hybridized carbons (Fsp3) is 0.921. The maximum atomic E-state index is 12.7. The highest BCUT2D eigenvalue weighted by Gasteiger charge is 2.69. The molecule has 5 unspecified atom stereocenters. The second-order valence-corrected chi connectivity index (χ2v) is 17.2. The summed E-state index contributed by atoms with van der Waals surface area (Å²) < 4.78 is 12.6. The smallest absolute Gasteiger partial charge is 0.302 e. The van der Waals surface area contributed by atoms with Crippen molar-refractivity contribution in [3.8, 4) is 0 Å². The summed E-state index contributed by atoms with van der Waals surface area (Å²) >= 11 is 0. The molecule has 2 spiro atoms. The summed E-state index contributed by atoms with van der Waals surface area (Å²) in [5.74, 6) is -0.350. The van der Waals surface area contributed by atoms with Crippen LogP contribution in [0.3, 0.4) is 0 Å². The maximum Gasteiger partial charge on any atom is 0.302 e. The molecule has 0 bridgehead atoms. The Kier molecular flexibility index (Phi) is 10.3. The zero-order valence-electron chi connectivity index (χ0n) is 30.5. The van der Waals surface area contributed by atoms with Crippen molar-refractivity contribution < 1.29 is 43.4 Å². The number of fused-ring (bicyclic) bond motifs is 5. The van der Waals surface area contributed by atoms with E-state index in [1.165, 1.54) is 13.8 Å². The number of hydrogen-bond donors (Lipinski definition) is 1. The topological polar surface area (TPSA) is 119 Å². The zero-order chi connectivity index (χ0) is 34.5. The van der Waals surface area contributed by atoms with Gasteiger partial charge in [0.25, 0.3) is 0 Å². The van der Waals surface area contributed by atoms with Gasteiger partial charge >= 0.3 is 11.9 Å². The van der Waals surface area contributed by atoms with Crippen molar-refractivity contribution in [1.29, 1.82) is 0 Å². The quantitative estimate of drug-likeness (QED) is 0.211. The Morgan fingerprint density at radius 3 is 2.17 bits per heavy atom. The van der Waals surface area contributed by atoms with Gasteiger partial charge in [0.1, 0.15) is 12.2 Å². The number of carbonyl (C=O) groups is 3. The molecule has 1 aliphatic heterocycles. The van der Waals surface area contributed by atoms with E-state index < -0.39 is 11.6 Å². The number of esters is 2. The van der Waals surface area contributed by atoms with Crippen molar-refractivity contribution in [1.82, 2.24) is 5.32 Å². The third kappa shape index (κ3) is 6.57. The van der Waals surface area contributed by atoms with Gasteiger partial charge < -0.3 is 14.8 Å². The molecule has 0 aromatic carbocycles. The summed E-state index contributed by atoms with van der Waals surface area (Å²) in [5.41, 5.74) is -0.387. The lowest BCUT2D eigenvalue weighted by molar-refractivity contribution is -0.665. The molecule has 10 heteroatoms. The largest absolute Gasteiger partial charge is 0.462 e. The van der Waals surface area contributed by atoms with Crippen molar-refractivity contribution in [2.45, 2.75) is 162 Å². The molecule has 1 saturated heterocycles. The van der Waals surface area contributed by atoms with Crippen LogP contribution in [0, 0.1) is 52.3 Å². The van der Waals surface area contributed by atoms with Gasteiger partial charge in [0.15, 0.2) is 0 Å². The van der Waals surface area contributed by atoms with E-state index in [0.29, 0.717) is 37.6 Å². The second-order valence-electron chi connectivity index (χ2n) is 17.2. The van der Waals surface area contributed by atoms with E-state index in [1.807, 2.05) is 0 Å². The minimum absolute atomic E-state index is 0.102. The van der Waals surface area contributed by atoms with Crippen LogP contribution in [-0.2, 0) is 43.4 Å². The van der Waals surface area contributed by atoms with Gasteiger partial charge in [-0.05, 0) is 98.7 Å². The Balaban J connectivity index is 1.24. The van der Waals surface area contributed by atoms with Crippen LogP contribution in [-0.4, -0.2) is 48.2 Å². The molecule has 6 fully saturated rings. The van der Waals surface area contributed by atoms with Crippen LogP contribution >= 0.6 is 0 Å². The highest BCUT2D eigenvalue weighted by molar-refractivity contribution is 5.75. The molecule has 0 radical (unpaired) electrons. The maximum absolute atomic E-state index is 12.7. The molecule has 6 aliphatic rings. The first kappa shape index (κ1) is 36.1. The molecular weight excluding hydrogens is 614 g/mol. The second kappa shape index (κ2) is 13.8. The average Bonchev–Trinajstić information content (AvgIpc) is 3.40. The molecule has 1 amide bonds. The summed E-state index contributed by atoms with van der Waals surface area (Å²) in [6.07, 6.45) is 10.7. The fourth-order valence-electron chi connectivity index (χ4n) is 11.5. The van der Waals surface area contributed by atoms with Crippen molar-refractivity contribution in [2.75, 3.05) is 6.54 Å². The predicted octanol–water partition coefficient (Wildman–Crippen LogP) is 7.18. The standard InChI is InChI=1S/C38H61NO9/c1-8-19-39-33(42)12-9-24(3)28-10-11-29-34-30(21-32(36(28,29)7)44-26(5)41)35(6)17-18-38(22-27(35)20-31(34)43-25(4)40)47-45-37(46-48-38)15-13-23(2)14-16-37/h23-24,27-32,34H,8-22H2,1-7H3,(H,39,42)/t23?,24?,27-,28?,29?,30?,31-,32+,34?,35+,36-,37?,38?/m1/s1. The Hall–Kier alpha value is -1.75. The van der Waals surface area contributed by atoms with Crippen LogP contribution in [0.15, 0.2) is 0 Å². The van der Waals surface area contributed by atoms with Crippen LogP contribution in [0.2, 0.25) is 0 Å². The molecule has 10 atom stereocenters. The minimum Gasteiger partial charge on any atom is -0.462 e. The van der Waals surface area contributed by atoms with E-state index in [0.717, 1.165) is 70.6 Å². The number of amides is 1. The molecule has 6 rings (SSSR count). The Morgan fingerprint density at radius 1 is 0.854 bits per heavy atom. The molecular formula is C38H61NO9. The van der Waals surface area contributed by atoms with Gasteiger partial charge in [0.2, 0.25) is 17.5 Å². The summed E-state index contributed by atoms with van der Waals surface area (Å²) in [6, 6.07) is 0. The highest BCUT2D eigenvalue weighted by atomic mass is 17.4. The van der Waals surface area contributed by atoms with Crippen molar-refractivity contribution >= 4 is 17.8 Å². The Bertz CT molecular complexity index is 1190. The van der Waals surface area contributed by atoms with Crippen LogP contribution in [0.25, 0.3) is 0 Å². The zero-order valence-corrected chi connectivity index (χ0v) is 30.5. The summed E-state index contributed by atoms with van der Waals surface area (Å²) in [6.45, 7) is 15.0. The van der Waals surface area contributed by atoms with Gasteiger partial charge in [-0.3, -0.25) is 14.4 Å². The van der Waals surface area contributed by atoms with Crippen molar-refractivity contribution in [3.05, 3.63) is 0 Å². The molecule has 1 heterocycles. The molecule has 5 saturated carbocycles. The Morgan fingerprint density at radius 2 is 1.52 bits per heavy atom. The van der Waals surface area contributed by atoms with Crippen LogP contribution in [0.4, 0.5) is 0 Å². The van der Waals surface area contributed by atoms with E-state index in [1.54, 1.807) is 0 Å². The predicted molar refractivity (Wildman–Crippen MR) is 176 cm³/mol. The van der Waals surface area contributed by atoms with Crippen LogP contribution < -0.4 is 5.32 Å². The molecule has 10 nitrogen and oxygen atoms in total. The number of rotatable bonds is 8. The van der Waals surface area contributed by atoms with E-state index in [9.17, 15) is 14.4 Å². The van der Waals surface area contributed by atoms with Gasteiger partial charge in [0, 0.05) is 63.8 Å². The third-order valence-corrected chi connectivity index (χ3v) is 14.2. The van der Waals surface area contributed by atoms with E-state index in [4.69, 9.17) is 29.0 Å². The summed E-state index contributed by atoms with van der Waals surface area (Å²) in [4.78, 5) is 62.4. The minimum atomic E-state index is -0.998. The first-order valence-corrected chi connectivity index (χ1v) is 19.1. The van der Waals surface area contributed by atoms with Gasteiger partial charge in [-0.25, -0.2) is 0 Å². The van der Waals surface area contributed by atoms with Gasteiger partial charge in [0.05, 0.1) is 0 Å². The first-order chi connectivity index (χ1) is 22.7. The van der Waals surface area contributed by atoms with Crippen molar-refractivity contribution in [3.63, 3.8) is 0 Å². The fourth-order valence-corrected chi connectivity index (χ4v) is 11.5. The lowest BCUT2D eigenvalue weighted by Crippen LogP contribution is -2.65. The molecule has 272 valence electrons. The normalized spacial score (nSPS) is 45.8. The van der Waals surface area contributed by atoms with E-state index in [2.05, 4.69) is 39.9 Å². The molecule has 0 aromatic heterocycles. The van der Waals surface area contributed by atoms with Crippen molar-refractivity contribution in [2.24, 2.45) is 52.3 Å². The number of nitrogens with one attached hydrogen (secondary N) is 1. The summed E-state index contributed by atoms with van der Waals surface area (Å²) in [7, 11) is 0. The summed E-state index contributed by atoms with van der Waals surface area (Å²) in [5, 5.41) is 3.02. The van der Waals surface area contributed by atoms with E-state index >= 15 is 0 Å².